The lowest BCUT2D eigenvalue weighted by Gasteiger charge is -2.07. The first-order valence-electron chi connectivity index (χ1n) is 4.87. The molecule has 5 heteroatoms. The van der Waals surface area contributed by atoms with E-state index in [2.05, 4.69) is 27.9 Å². The first kappa shape index (κ1) is 12.9. The van der Waals surface area contributed by atoms with Crippen LogP contribution in [0.15, 0.2) is 29.0 Å². The van der Waals surface area contributed by atoms with Crippen LogP contribution in [-0.2, 0) is 0 Å². The molecule has 0 bridgehead atoms. The monoisotopic (exact) mass is 377 g/mol. The second-order valence-corrected chi connectivity index (χ2v) is 5.94. The predicted molar refractivity (Wildman–Crippen MR) is 81.2 cm³/mol. The molecule has 88 valence electrons. The number of carbonyl (C=O) groups is 1. The topological polar surface area (TPSA) is 29.1 Å². The molecule has 1 aromatic carbocycles. The van der Waals surface area contributed by atoms with Gasteiger partial charge in [-0.3, -0.25) is 4.79 Å². The minimum Gasteiger partial charge on any atom is -0.321 e. The minimum atomic E-state index is -0.119. The third kappa shape index (κ3) is 3.00. The average molecular weight is 378 g/mol. The molecule has 2 nitrogen and oxygen atoms in total. The summed E-state index contributed by atoms with van der Waals surface area (Å²) in [6, 6.07) is 5.53. The zero-order chi connectivity index (χ0) is 12.4. The van der Waals surface area contributed by atoms with Crippen LogP contribution in [0, 0.1) is 10.5 Å². The van der Waals surface area contributed by atoms with Crippen LogP contribution in [0.5, 0.6) is 0 Å². The lowest BCUT2D eigenvalue weighted by atomic mass is 10.2. The van der Waals surface area contributed by atoms with Crippen LogP contribution >= 0.6 is 45.5 Å². The molecule has 1 aromatic heterocycles. The maximum atomic E-state index is 12.0. The second kappa shape index (κ2) is 5.37. The Morgan fingerprint density at radius 2 is 2.18 bits per heavy atom. The van der Waals surface area contributed by atoms with Crippen LogP contribution in [0.4, 0.5) is 5.69 Å². The fourth-order valence-corrected chi connectivity index (χ4v) is 3.10. The standard InChI is InChI=1S/C12H9ClINOS/c1-7-5-17-6-9(7)12(16)15-11-3-2-8(14)4-10(11)13/h2-6H,1H3,(H,15,16). The SMILES string of the molecule is Cc1cscc1C(=O)Nc1ccc(I)cc1Cl. The molecule has 2 rings (SSSR count). The summed E-state index contributed by atoms with van der Waals surface area (Å²) in [7, 11) is 0. The number of nitrogens with one attached hydrogen (secondary N) is 1. The van der Waals surface area contributed by atoms with E-state index in [1.54, 1.807) is 0 Å². The van der Waals surface area contributed by atoms with Gasteiger partial charge in [0.2, 0.25) is 0 Å². The van der Waals surface area contributed by atoms with Crippen LogP contribution in [0.1, 0.15) is 15.9 Å². The summed E-state index contributed by atoms with van der Waals surface area (Å²) in [6.07, 6.45) is 0. The van der Waals surface area contributed by atoms with Crippen molar-refractivity contribution in [2.45, 2.75) is 6.92 Å². The van der Waals surface area contributed by atoms with E-state index in [0.717, 1.165) is 9.13 Å². The number of amides is 1. The smallest absolute Gasteiger partial charge is 0.256 e. The van der Waals surface area contributed by atoms with E-state index < -0.39 is 0 Å². The number of thiophene rings is 1. The molecule has 0 fully saturated rings. The molecule has 0 unspecified atom stereocenters. The van der Waals surface area contributed by atoms with E-state index in [0.29, 0.717) is 16.3 Å². The van der Waals surface area contributed by atoms with Crippen molar-refractivity contribution in [2.75, 3.05) is 5.32 Å². The number of halogens is 2. The van der Waals surface area contributed by atoms with Gasteiger partial charge in [0.15, 0.2) is 0 Å². The summed E-state index contributed by atoms with van der Waals surface area (Å²) in [6.45, 7) is 1.92. The van der Waals surface area contributed by atoms with Gasteiger partial charge in [-0.25, -0.2) is 0 Å². The third-order valence-corrected chi connectivity index (χ3v) is 4.12. The predicted octanol–water partition coefficient (Wildman–Crippen LogP) is 4.57. The molecule has 0 aliphatic carbocycles. The van der Waals surface area contributed by atoms with Gasteiger partial charge in [-0.15, -0.1) is 0 Å². The third-order valence-electron chi connectivity index (χ3n) is 2.28. The quantitative estimate of drug-likeness (QED) is 0.763. The maximum absolute atomic E-state index is 12.0. The number of carbonyl (C=O) groups excluding carboxylic acids is 1. The van der Waals surface area contributed by atoms with Crippen molar-refractivity contribution >= 4 is 57.1 Å². The average Bonchev–Trinajstić information content (AvgIpc) is 2.68. The van der Waals surface area contributed by atoms with E-state index in [9.17, 15) is 4.79 Å². The largest absolute Gasteiger partial charge is 0.321 e. The van der Waals surface area contributed by atoms with Crippen molar-refractivity contribution in [2.24, 2.45) is 0 Å². The molecule has 0 aliphatic heterocycles. The molecule has 0 spiro atoms. The Bertz CT molecular complexity index is 567. The molecule has 0 aliphatic rings. The van der Waals surface area contributed by atoms with Gasteiger partial charge in [0.1, 0.15) is 0 Å². The molecule has 0 saturated carbocycles. The van der Waals surface area contributed by atoms with E-state index >= 15 is 0 Å². The Morgan fingerprint density at radius 3 is 2.76 bits per heavy atom. The van der Waals surface area contributed by atoms with Crippen molar-refractivity contribution in [1.29, 1.82) is 0 Å². The molecule has 1 amide bonds. The van der Waals surface area contributed by atoms with E-state index in [-0.39, 0.29) is 5.91 Å². The summed E-state index contributed by atoms with van der Waals surface area (Å²) in [5, 5.41) is 7.15. The van der Waals surface area contributed by atoms with E-state index in [1.165, 1.54) is 11.3 Å². The number of rotatable bonds is 2. The van der Waals surface area contributed by atoms with Crippen LogP contribution in [-0.4, -0.2) is 5.91 Å². The normalized spacial score (nSPS) is 10.3. The fourth-order valence-electron chi connectivity index (χ4n) is 1.37. The van der Waals surface area contributed by atoms with Gasteiger partial charge in [0.25, 0.3) is 5.91 Å². The van der Waals surface area contributed by atoms with Gasteiger partial charge in [-0.1, -0.05) is 11.6 Å². The Balaban J connectivity index is 2.22. The maximum Gasteiger partial charge on any atom is 0.256 e. The summed E-state index contributed by atoms with van der Waals surface area (Å²) < 4.78 is 1.04. The number of anilines is 1. The lowest BCUT2D eigenvalue weighted by Crippen LogP contribution is -2.12. The van der Waals surface area contributed by atoms with Crippen molar-refractivity contribution in [1.82, 2.24) is 0 Å². The second-order valence-electron chi connectivity index (χ2n) is 3.55. The van der Waals surface area contributed by atoms with Gasteiger partial charge in [0, 0.05) is 8.95 Å². The Morgan fingerprint density at radius 1 is 1.41 bits per heavy atom. The number of hydrogen-bond acceptors (Lipinski definition) is 2. The minimum absolute atomic E-state index is 0.119. The molecule has 0 radical (unpaired) electrons. The van der Waals surface area contributed by atoms with Crippen LogP contribution in [0.3, 0.4) is 0 Å². The highest BCUT2D eigenvalue weighted by molar-refractivity contribution is 14.1. The summed E-state index contributed by atoms with van der Waals surface area (Å²) in [5.74, 6) is -0.119. The highest BCUT2D eigenvalue weighted by Gasteiger charge is 2.11. The van der Waals surface area contributed by atoms with Crippen molar-refractivity contribution < 1.29 is 4.79 Å². The fraction of sp³-hybridized carbons (Fsp3) is 0.0833. The summed E-state index contributed by atoms with van der Waals surface area (Å²) >= 11 is 9.75. The van der Waals surface area contributed by atoms with Crippen molar-refractivity contribution in [3.05, 3.63) is 48.7 Å². The van der Waals surface area contributed by atoms with Gasteiger partial charge in [-0.05, 0) is 58.7 Å². The summed E-state index contributed by atoms with van der Waals surface area (Å²) in [5.41, 5.74) is 2.32. The van der Waals surface area contributed by atoms with Gasteiger partial charge >= 0.3 is 0 Å². The van der Waals surface area contributed by atoms with Crippen LogP contribution in [0.25, 0.3) is 0 Å². The first-order chi connectivity index (χ1) is 8.08. The first-order valence-corrected chi connectivity index (χ1v) is 7.27. The molecule has 2 aromatic rings. The zero-order valence-corrected chi connectivity index (χ0v) is 12.7. The van der Waals surface area contributed by atoms with E-state index in [4.69, 9.17) is 11.6 Å². The molecule has 0 atom stereocenters. The molecular weight excluding hydrogens is 369 g/mol. The van der Waals surface area contributed by atoms with Gasteiger partial charge < -0.3 is 5.32 Å². The van der Waals surface area contributed by atoms with Gasteiger partial charge in [0.05, 0.1) is 16.3 Å². The number of aryl methyl sites for hydroxylation is 1. The van der Waals surface area contributed by atoms with Crippen molar-refractivity contribution in [3.63, 3.8) is 0 Å². The molecule has 1 N–H and O–H groups in total. The number of hydrogen-bond donors (Lipinski definition) is 1. The molecule has 0 saturated heterocycles. The van der Waals surface area contributed by atoms with Gasteiger partial charge in [-0.2, -0.15) is 11.3 Å². The Kier molecular flexibility index (Phi) is 4.06. The molecule has 1 heterocycles. The highest BCUT2D eigenvalue weighted by Crippen LogP contribution is 2.25. The highest BCUT2D eigenvalue weighted by atomic mass is 127. The zero-order valence-electron chi connectivity index (χ0n) is 8.96. The molecule has 17 heavy (non-hydrogen) atoms. The lowest BCUT2D eigenvalue weighted by molar-refractivity contribution is 0.102. The molecular formula is C12H9ClINOS. The Hall–Kier alpha value is -0.590. The van der Waals surface area contributed by atoms with Crippen molar-refractivity contribution in [3.8, 4) is 0 Å². The van der Waals surface area contributed by atoms with Crippen LogP contribution in [0.2, 0.25) is 5.02 Å². The summed E-state index contributed by atoms with van der Waals surface area (Å²) in [4.78, 5) is 12.0. The Labute approximate surface area is 122 Å². The van der Waals surface area contributed by atoms with E-state index in [1.807, 2.05) is 35.9 Å². The van der Waals surface area contributed by atoms with Crippen LogP contribution < -0.4 is 5.32 Å². The number of benzene rings is 1.